The summed E-state index contributed by atoms with van der Waals surface area (Å²) in [6.45, 7) is 1.41. The van der Waals surface area contributed by atoms with Crippen LogP contribution in [0.4, 0.5) is 4.79 Å². The second kappa shape index (κ2) is 7.19. The Morgan fingerprint density at radius 2 is 2.10 bits per heavy atom. The van der Waals surface area contributed by atoms with Crippen molar-refractivity contribution in [3.8, 4) is 0 Å². The third kappa shape index (κ3) is 4.16. The number of amides is 2. The summed E-state index contributed by atoms with van der Waals surface area (Å²) in [7, 11) is 0. The van der Waals surface area contributed by atoms with E-state index in [2.05, 4.69) is 5.32 Å². The van der Waals surface area contributed by atoms with E-state index in [4.69, 9.17) is 5.11 Å². The van der Waals surface area contributed by atoms with Gasteiger partial charge in [-0.25, -0.2) is 4.79 Å². The van der Waals surface area contributed by atoms with Crippen molar-refractivity contribution in [3.63, 3.8) is 0 Å². The molecule has 1 saturated heterocycles. The van der Waals surface area contributed by atoms with Crippen molar-refractivity contribution in [3.05, 3.63) is 30.3 Å². The van der Waals surface area contributed by atoms with Gasteiger partial charge in [0.05, 0.1) is 5.92 Å². The SMILES string of the molecule is O=C(O)C1CCN(C(=O)NCCSc2ccccc2)C1. The highest BCUT2D eigenvalue weighted by atomic mass is 32.2. The van der Waals surface area contributed by atoms with Crippen LogP contribution < -0.4 is 5.32 Å². The summed E-state index contributed by atoms with van der Waals surface area (Å²) in [5, 5.41) is 11.7. The van der Waals surface area contributed by atoms with Gasteiger partial charge in [-0.15, -0.1) is 11.8 Å². The molecule has 1 heterocycles. The fraction of sp³-hybridized carbons (Fsp3) is 0.429. The van der Waals surface area contributed by atoms with Crippen LogP contribution in [-0.4, -0.2) is 47.4 Å². The van der Waals surface area contributed by atoms with Crippen molar-refractivity contribution in [2.24, 2.45) is 5.92 Å². The average molecular weight is 294 g/mol. The summed E-state index contributed by atoms with van der Waals surface area (Å²) in [6.07, 6.45) is 0.543. The molecule has 2 N–H and O–H groups in total. The number of carboxylic acid groups (broad SMARTS) is 1. The van der Waals surface area contributed by atoms with Crippen LogP contribution in [0.5, 0.6) is 0 Å². The fourth-order valence-electron chi connectivity index (χ4n) is 2.10. The highest BCUT2D eigenvalue weighted by molar-refractivity contribution is 7.99. The second-order valence-electron chi connectivity index (χ2n) is 4.66. The molecule has 0 aromatic heterocycles. The summed E-state index contributed by atoms with van der Waals surface area (Å²) in [5.74, 6) is -0.439. The van der Waals surface area contributed by atoms with Crippen LogP contribution in [0.1, 0.15) is 6.42 Å². The molecule has 1 fully saturated rings. The van der Waals surface area contributed by atoms with E-state index in [0.29, 0.717) is 26.1 Å². The maximum absolute atomic E-state index is 11.8. The van der Waals surface area contributed by atoms with Gasteiger partial charge in [0, 0.05) is 30.3 Å². The number of carboxylic acids is 1. The number of likely N-dealkylation sites (tertiary alicyclic amines) is 1. The second-order valence-corrected chi connectivity index (χ2v) is 5.83. The van der Waals surface area contributed by atoms with Gasteiger partial charge in [-0.1, -0.05) is 18.2 Å². The smallest absolute Gasteiger partial charge is 0.317 e. The van der Waals surface area contributed by atoms with Crippen molar-refractivity contribution >= 4 is 23.8 Å². The maximum atomic E-state index is 11.8. The minimum Gasteiger partial charge on any atom is -0.481 e. The van der Waals surface area contributed by atoms with Crippen molar-refractivity contribution in [2.75, 3.05) is 25.4 Å². The summed E-state index contributed by atoms with van der Waals surface area (Å²) < 4.78 is 0. The first-order valence-corrected chi connectivity index (χ1v) is 7.59. The van der Waals surface area contributed by atoms with Crippen LogP contribution in [0, 0.1) is 5.92 Å². The zero-order valence-electron chi connectivity index (χ0n) is 11.1. The lowest BCUT2D eigenvalue weighted by Gasteiger charge is -2.16. The van der Waals surface area contributed by atoms with Crippen LogP contribution in [-0.2, 0) is 4.79 Å². The summed E-state index contributed by atoms with van der Waals surface area (Å²) in [6, 6.07) is 9.84. The summed E-state index contributed by atoms with van der Waals surface area (Å²) in [5.41, 5.74) is 0. The topological polar surface area (TPSA) is 69.6 Å². The lowest BCUT2D eigenvalue weighted by Crippen LogP contribution is -2.39. The van der Waals surface area contributed by atoms with Gasteiger partial charge in [-0.2, -0.15) is 0 Å². The number of carbonyl (C=O) groups excluding carboxylic acids is 1. The van der Waals surface area contributed by atoms with Gasteiger partial charge in [0.2, 0.25) is 0 Å². The summed E-state index contributed by atoms with van der Waals surface area (Å²) >= 11 is 1.68. The van der Waals surface area contributed by atoms with Gasteiger partial charge in [-0.05, 0) is 18.6 Å². The van der Waals surface area contributed by atoms with Gasteiger partial charge < -0.3 is 15.3 Å². The van der Waals surface area contributed by atoms with Crippen LogP contribution in [0.15, 0.2) is 35.2 Å². The molecule has 1 aromatic rings. The summed E-state index contributed by atoms with van der Waals surface area (Å²) in [4.78, 5) is 25.4. The number of hydrogen-bond donors (Lipinski definition) is 2. The highest BCUT2D eigenvalue weighted by Crippen LogP contribution is 2.17. The first-order valence-electron chi connectivity index (χ1n) is 6.60. The van der Waals surface area contributed by atoms with E-state index in [-0.39, 0.29) is 6.03 Å². The Kier molecular flexibility index (Phi) is 5.29. The molecule has 1 aliphatic rings. The number of hydrogen-bond acceptors (Lipinski definition) is 3. The predicted molar refractivity (Wildman–Crippen MR) is 77.9 cm³/mol. The van der Waals surface area contributed by atoms with Gasteiger partial charge >= 0.3 is 12.0 Å². The first kappa shape index (κ1) is 14.7. The van der Waals surface area contributed by atoms with Crippen molar-refractivity contribution in [2.45, 2.75) is 11.3 Å². The molecule has 6 heteroatoms. The third-order valence-electron chi connectivity index (χ3n) is 3.21. The van der Waals surface area contributed by atoms with E-state index in [0.717, 1.165) is 5.75 Å². The number of rotatable bonds is 5. The van der Waals surface area contributed by atoms with E-state index >= 15 is 0 Å². The number of urea groups is 1. The molecule has 1 aromatic carbocycles. The van der Waals surface area contributed by atoms with E-state index < -0.39 is 11.9 Å². The quantitative estimate of drug-likeness (QED) is 0.643. The minimum atomic E-state index is -0.820. The molecule has 20 heavy (non-hydrogen) atoms. The number of benzene rings is 1. The third-order valence-corrected chi connectivity index (χ3v) is 4.23. The zero-order chi connectivity index (χ0) is 14.4. The molecule has 2 rings (SSSR count). The lowest BCUT2D eigenvalue weighted by molar-refractivity contribution is -0.141. The molecule has 1 unspecified atom stereocenters. The average Bonchev–Trinajstić information content (AvgIpc) is 2.94. The molecule has 0 saturated carbocycles. The van der Waals surface area contributed by atoms with Crippen LogP contribution in [0.3, 0.4) is 0 Å². The van der Waals surface area contributed by atoms with Gasteiger partial charge in [-0.3, -0.25) is 4.79 Å². The predicted octanol–water partition coefficient (Wildman–Crippen LogP) is 1.89. The van der Waals surface area contributed by atoms with Crippen molar-refractivity contribution < 1.29 is 14.7 Å². The normalized spacial score (nSPS) is 18.0. The van der Waals surface area contributed by atoms with Crippen molar-refractivity contribution in [1.82, 2.24) is 10.2 Å². The molecule has 0 radical (unpaired) electrons. The Balaban J connectivity index is 1.65. The minimum absolute atomic E-state index is 0.164. The van der Waals surface area contributed by atoms with E-state index in [9.17, 15) is 9.59 Å². The van der Waals surface area contributed by atoms with Gasteiger partial charge in [0.15, 0.2) is 0 Å². The molecular formula is C14H18N2O3S. The zero-order valence-corrected chi connectivity index (χ0v) is 11.9. The van der Waals surface area contributed by atoms with Gasteiger partial charge in [0.1, 0.15) is 0 Å². The fourth-order valence-corrected chi connectivity index (χ4v) is 2.89. The Morgan fingerprint density at radius 3 is 2.75 bits per heavy atom. The molecular weight excluding hydrogens is 276 g/mol. The number of carbonyl (C=O) groups is 2. The van der Waals surface area contributed by atoms with E-state index in [1.807, 2.05) is 30.3 Å². The van der Waals surface area contributed by atoms with Crippen LogP contribution >= 0.6 is 11.8 Å². The molecule has 108 valence electrons. The Morgan fingerprint density at radius 1 is 1.35 bits per heavy atom. The standard InChI is InChI=1S/C14H18N2O3S/c17-13(18)11-6-8-16(10-11)14(19)15-7-9-20-12-4-2-1-3-5-12/h1-5,11H,6-10H2,(H,15,19)(H,17,18). The Bertz CT molecular complexity index is 467. The van der Waals surface area contributed by atoms with Crippen LogP contribution in [0.25, 0.3) is 0 Å². The van der Waals surface area contributed by atoms with Crippen LogP contribution in [0.2, 0.25) is 0 Å². The number of thioether (sulfide) groups is 1. The number of nitrogens with one attached hydrogen (secondary N) is 1. The largest absolute Gasteiger partial charge is 0.481 e. The first-order chi connectivity index (χ1) is 9.66. The highest BCUT2D eigenvalue weighted by Gasteiger charge is 2.30. The molecule has 0 spiro atoms. The molecule has 0 bridgehead atoms. The van der Waals surface area contributed by atoms with Crippen molar-refractivity contribution in [1.29, 1.82) is 0 Å². The maximum Gasteiger partial charge on any atom is 0.317 e. The van der Waals surface area contributed by atoms with Gasteiger partial charge in [0.25, 0.3) is 0 Å². The molecule has 1 atom stereocenters. The Labute approximate surface area is 122 Å². The molecule has 5 nitrogen and oxygen atoms in total. The van der Waals surface area contributed by atoms with E-state index in [1.165, 1.54) is 4.90 Å². The molecule has 1 aliphatic heterocycles. The molecule has 2 amide bonds. The lowest BCUT2D eigenvalue weighted by atomic mass is 10.1. The number of nitrogens with zero attached hydrogens (tertiary/aromatic N) is 1. The monoisotopic (exact) mass is 294 g/mol. The Hall–Kier alpha value is -1.69. The van der Waals surface area contributed by atoms with E-state index in [1.54, 1.807) is 16.7 Å². The molecule has 0 aliphatic carbocycles. The number of aliphatic carboxylic acids is 1.